The van der Waals surface area contributed by atoms with Crippen LogP contribution in [0.25, 0.3) is 22.3 Å². The fourth-order valence-corrected chi connectivity index (χ4v) is 4.53. The molecule has 0 aliphatic carbocycles. The Kier molecular flexibility index (Phi) is 6.04. The van der Waals surface area contributed by atoms with Crippen LogP contribution in [0.1, 0.15) is 16.9 Å². The van der Waals surface area contributed by atoms with Gasteiger partial charge in [-0.1, -0.05) is 6.07 Å². The van der Waals surface area contributed by atoms with Crippen molar-refractivity contribution in [3.8, 4) is 17.1 Å². The first-order valence-corrected chi connectivity index (χ1v) is 11.3. The zero-order valence-electron chi connectivity index (χ0n) is 19.7. The van der Waals surface area contributed by atoms with E-state index in [-0.39, 0.29) is 23.1 Å². The Bertz CT molecular complexity index is 1400. The molecule has 1 amide bonds. The fourth-order valence-electron chi connectivity index (χ4n) is 4.53. The molecule has 0 bridgehead atoms. The molecule has 9 nitrogen and oxygen atoms in total. The predicted molar refractivity (Wildman–Crippen MR) is 132 cm³/mol. The summed E-state index contributed by atoms with van der Waals surface area (Å²) < 4.78 is 21.6. The molecule has 1 aliphatic heterocycles. The van der Waals surface area contributed by atoms with Crippen LogP contribution in [-0.4, -0.2) is 58.9 Å². The number of carbonyl (C=O) groups is 1. The van der Waals surface area contributed by atoms with Crippen molar-refractivity contribution in [2.24, 2.45) is 7.05 Å². The van der Waals surface area contributed by atoms with E-state index >= 15 is 0 Å². The second kappa shape index (κ2) is 9.30. The van der Waals surface area contributed by atoms with Gasteiger partial charge < -0.3 is 20.3 Å². The molecule has 10 heteroatoms. The Labute approximate surface area is 201 Å². The van der Waals surface area contributed by atoms with E-state index in [0.29, 0.717) is 11.4 Å². The highest BCUT2D eigenvalue weighted by molar-refractivity contribution is 6.09. The van der Waals surface area contributed by atoms with E-state index in [1.807, 2.05) is 37.1 Å². The number of fused-ring (bicyclic) bond motifs is 1. The number of aryl methyl sites for hydroxylation is 1. The standard InChI is InChI=1S/C25H26FN7O2/c1-32(15-9-11-27-13-15)23-16-14-29-33(2)20(16)8-7-18(23)31-25(34)19-10-12-28-24(30-19)22-17(26)5-4-6-21(22)35-3/h4-8,10,12,14-15,27H,9,11,13H2,1-3H3,(H,31,34)/t15-/m0/s1. The quantitative estimate of drug-likeness (QED) is 0.442. The molecule has 2 aromatic carbocycles. The minimum absolute atomic E-state index is 0.0738. The molecular formula is C25H26FN7O2. The van der Waals surface area contributed by atoms with Crippen molar-refractivity contribution in [2.45, 2.75) is 12.5 Å². The van der Waals surface area contributed by atoms with Gasteiger partial charge in [-0.2, -0.15) is 5.10 Å². The highest BCUT2D eigenvalue weighted by Gasteiger charge is 2.25. The van der Waals surface area contributed by atoms with Gasteiger partial charge in [0.25, 0.3) is 5.91 Å². The summed E-state index contributed by atoms with van der Waals surface area (Å²) in [4.78, 5) is 24.0. The zero-order valence-corrected chi connectivity index (χ0v) is 19.7. The van der Waals surface area contributed by atoms with E-state index in [0.717, 1.165) is 36.1 Å². The number of methoxy groups -OCH3 is 1. The number of carbonyl (C=O) groups excluding carboxylic acids is 1. The first-order valence-electron chi connectivity index (χ1n) is 11.3. The Hall–Kier alpha value is -4.05. The van der Waals surface area contributed by atoms with Crippen LogP contribution in [0.3, 0.4) is 0 Å². The van der Waals surface area contributed by atoms with Crippen molar-refractivity contribution >= 4 is 28.2 Å². The van der Waals surface area contributed by atoms with Crippen LogP contribution in [0.2, 0.25) is 0 Å². The van der Waals surface area contributed by atoms with Gasteiger partial charge >= 0.3 is 0 Å². The summed E-state index contributed by atoms with van der Waals surface area (Å²) in [7, 11) is 5.37. The van der Waals surface area contributed by atoms with E-state index in [1.54, 1.807) is 12.1 Å². The Morgan fingerprint density at radius 1 is 1.29 bits per heavy atom. The predicted octanol–water partition coefficient (Wildman–Crippen LogP) is 3.23. The average molecular weight is 476 g/mol. The Balaban J connectivity index is 1.51. The van der Waals surface area contributed by atoms with Gasteiger partial charge in [0.05, 0.1) is 35.8 Å². The highest BCUT2D eigenvalue weighted by atomic mass is 19.1. The Morgan fingerprint density at radius 2 is 2.14 bits per heavy atom. The molecule has 5 rings (SSSR count). The molecule has 3 heterocycles. The van der Waals surface area contributed by atoms with Crippen LogP contribution in [0.4, 0.5) is 15.8 Å². The number of nitrogens with one attached hydrogen (secondary N) is 2. The third kappa shape index (κ3) is 4.17. The summed E-state index contributed by atoms with van der Waals surface area (Å²) in [5, 5.41) is 11.7. The number of ether oxygens (including phenoxy) is 1. The molecular weight excluding hydrogens is 449 g/mol. The number of rotatable bonds is 6. The van der Waals surface area contributed by atoms with Crippen molar-refractivity contribution in [1.82, 2.24) is 25.1 Å². The van der Waals surface area contributed by atoms with Crippen molar-refractivity contribution in [1.29, 1.82) is 0 Å². The molecule has 0 saturated carbocycles. The van der Waals surface area contributed by atoms with Crippen LogP contribution in [0, 0.1) is 5.82 Å². The number of likely N-dealkylation sites (N-methyl/N-ethyl adjacent to an activating group) is 1. The number of amides is 1. The van der Waals surface area contributed by atoms with Crippen molar-refractivity contribution < 1.29 is 13.9 Å². The van der Waals surface area contributed by atoms with Crippen LogP contribution in [0.5, 0.6) is 5.75 Å². The molecule has 2 aromatic heterocycles. The maximum Gasteiger partial charge on any atom is 0.274 e. The highest BCUT2D eigenvalue weighted by Crippen LogP contribution is 2.36. The zero-order chi connectivity index (χ0) is 24.5. The SMILES string of the molecule is COc1cccc(F)c1-c1nccc(C(=O)Nc2ccc3c(cnn3C)c2N(C)[C@H]2CCNC2)n1. The van der Waals surface area contributed by atoms with Crippen molar-refractivity contribution in [3.05, 3.63) is 60.3 Å². The number of aromatic nitrogens is 4. The summed E-state index contributed by atoms with van der Waals surface area (Å²) >= 11 is 0. The molecule has 35 heavy (non-hydrogen) atoms. The molecule has 4 aromatic rings. The number of hydrogen-bond acceptors (Lipinski definition) is 7. The lowest BCUT2D eigenvalue weighted by atomic mass is 10.1. The van der Waals surface area contributed by atoms with Gasteiger partial charge in [-0.05, 0) is 43.3 Å². The lowest BCUT2D eigenvalue weighted by Gasteiger charge is -2.29. The lowest BCUT2D eigenvalue weighted by molar-refractivity contribution is 0.102. The number of nitrogens with zero attached hydrogens (tertiary/aromatic N) is 5. The number of hydrogen-bond donors (Lipinski definition) is 2. The van der Waals surface area contributed by atoms with Gasteiger partial charge in [0.15, 0.2) is 5.82 Å². The lowest BCUT2D eigenvalue weighted by Crippen LogP contribution is -2.34. The van der Waals surface area contributed by atoms with Gasteiger partial charge in [-0.3, -0.25) is 9.48 Å². The first-order chi connectivity index (χ1) is 17.0. The molecule has 1 fully saturated rings. The maximum atomic E-state index is 14.6. The third-order valence-electron chi connectivity index (χ3n) is 6.39. The van der Waals surface area contributed by atoms with Gasteiger partial charge in [0.1, 0.15) is 17.3 Å². The summed E-state index contributed by atoms with van der Waals surface area (Å²) in [5.74, 6) is -0.590. The first kappa shape index (κ1) is 22.7. The largest absolute Gasteiger partial charge is 0.496 e. The Morgan fingerprint density at radius 3 is 2.91 bits per heavy atom. The molecule has 0 radical (unpaired) electrons. The summed E-state index contributed by atoms with van der Waals surface area (Å²) in [6.07, 6.45) is 4.25. The van der Waals surface area contributed by atoms with Crippen LogP contribution >= 0.6 is 0 Å². The average Bonchev–Trinajstić information content (AvgIpc) is 3.54. The van der Waals surface area contributed by atoms with Crippen LogP contribution < -0.4 is 20.3 Å². The smallest absolute Gasteiger partial charge is 0.274 e. The second-order valence-corrected chi connectivity index (χ2v) is 8.46. The van der Waals surface area contributed by atoms with E-state index in [2.05, 4.69) is 30.6 Å². The number of anilines is 2. The van der Waals surface area contributed by atoms with Crippen LogP contribution in [0.15, 0.2) is 48.8 Å². The minimum atomic E-state index is -0.530. The van der Waals surface area contributed by atoms with Crippen LogP contribution in [-0.2, 0) is 7.05 Å². The molecule has 1 saturated heterocycles. The van der Waals surface area contributed by atoms with Crippen molar-refractivity contribution in [2.75, 3.05) is 37.5 Å². The molecule has 0 unspecified atom stereocenters. The number of halogens is 1. The van der Waals surface area contributed by atoms with E-state index in [9.17, 15) is 9.18 Å². The maximum absolute atomic E-state index is 14.6. The van der Waals surface area contributed by atoms with E-state index in [4.69, 9.17) is 4.74 Å². The van der Waals surface area contributed by atoms with E-state index in [1.165, 1.54) is 25.4 Å². The number of benzene rings is 2. The van der Waals surface area contributed by atoms with Gasteiger partial charge in [0, 0.05) is 38.3 Å². The topological polar surface area (TPSA) is 97.2 Å². The summed E-state index contributed by atoms with van der Waals surface area (Å²) in [6, 6.07) is 10.1. The second-order valence-electron chi connectivity index (χ2n) is 8.46. The fraction of sp³-hybridized carbons (Fsp3) is 0.280. The van der Waals surface area contributed by atoms with Gasteiger partial charge in [-0.25, -0.2) is 14.4 Å². The van der Waals surface area contributed by atoms with E-state index < -0.39 is 11.7 Å². The molecule has 0 spiro atoms. The van der Waals surface area contributed by atoms with Gasteiger partial charge in [0.2, 0.25) is 0 Å². The molecule has 1 atom stereocenters. The van der Waals surface area contributed by atoms with Crippen molar-refractivity contribution in [3.63, 3.8) is 0 Å². The minimum Gasteiger partial charge on any atom is -0.496 e. The summed E-state index contributed by atoms with van der Waals surface area (Å²) in [6.45, 7) is 1.81. The van der Waals surface area contributed by atoms with Gasteiger partial charge in [-0.15, -0.1) is 0 Å². The monoisotopic (exact) mass is 475 g/mol. The summed E-state index contributed by atoms with van der Waals surface area (Å²) in [5.41, 5.74) is 2.72. The normalized spacial score (nSPS) is 15.4. The third-order valence-corrected chi connectivity index (χ3v) is 6.39. The molecule has 1 aliphatic rings. The molecule has 180 valence electrons. The molecule has 2 N–H and O–H groups in total.